The van der Waals surface area contributed by atoms with Gasteiger partial charge >= 0.3 is 0 Å². The number of nitrogens with one attached hydrogen (secondary N) is 1. The average Bonchev–Trinajstić information content (AvgIpc) is 2.34. The van der Waals surface area contributed by atoms with Crippen LogP contribution < -0.4 is 5.32 Å². The summed E-state index contributed by atoms with van der Waals surface area (Å²) in [6.07, 6.45) is 0. The summed E-state index contributed by atoms with van der Waals surface area (Å²) in [5.41, 5.74) is 0.656. The third kappa shape index (κ3) is 3.76. The first-order chi connectivity index (χ1) is 8.06. The fourth-order valence-electron chi connectivity index (χ4n) is 1.25. The second-order valence-electron chi connectivity index (χ2n) is 3.60. The van der Waals surface area contributed by atoms with Gasteiger partial charge < -0.3 is 10.2 Å². The van der Waals surface area contributed by atoms with Gasteiger partial charge in [-0.05, 0) is 25.1 Å². The molecule has 0 heterocycles. The van der Waals surface area contributed by atoms with Crippen molar-refractivity contribution in [2.75, 3.05) is 25.5 Å². The van der Waals surface area contributed by atoms with E-state index in [1.54, 1.807) is 11.9 Å². The number of nitriles is 1. The molecule has 0 unspecified atom stereocenters. The molecule has 0 spiro atoms. The van der Waals surface area contributed by atoms with Gasteiger partial charge in [0.15, 0.2) is 0 Å². The topological polar surface area (TPSA) is 56.1 Å². The van der Waals surface area contributed by atoms with Crippen molar-refractivity contribution in [3.8, 4) is 6.07 Å². The van der Waals surface area contributed by atoms with E-state index in [2.05, 4.69) is 5.32 Å². The second-order valence-corrected chi connectivity index (χ2v) is 3.60. The van der Waals surface area contributed by atoms with Gasteiger partial charge in [-0.1, -0.05) is 0 Å². The zero-order valence-corrected chi connectivity index (χ0v) is 9.83. The maximum atomic E-state index is 13.1. The summed E-state index contributed by atoms with van der Waals surface area (Å²) < 4.78 is 13.1. The van der Waals surface area contributed by atoms with Crippen LogP contribution in [0.3, 0.4) is 0 Å². The van der Waals surface area contributed by atoms with Crippen molar-refractivity contribution in [1.82, 2.24) is 4.90 Å². The molecule has 0 saturated carbocycles. The predicted molar refractivity (Wildman–Crippen MR) is 62.9 cm³/mol. The summed E-state index contributed by atoms with van der Waals surface area (Å²) in [5.74, 6) is -0.585. The number of anilines is 1. The van der Waals surface area contributed by atoms with E-state index in [0.717, 1.165) is 6.07 Å². The monoisotopic (exact) mass is 235 g/mol. The average molecular weight is 235 g/mol. The first kappa shape index (κ1) is 13.0. The van der Waals surface area contributed by atoms with E-state index in [1.807, 2.05) is 13.0 Å². The molecule has 5 heteroatoms. The molecule has 0 saturated heterocycles. The number of carbonyl (C=O) groups excluding carboxylic acids is 1. The molecule has 4 nitrogen and oxygen atoms in total. The van der Waals surface area contributed by atoms with Gasteiger partial charge in [-0.25, -0.2) is 4.39 Å². The lowest BCUT2D eigenvalue weighted by molar-refractivity contribution is -0.127. The minimum absolute atomic E-state index is 0.0820. The number of likely N-dealkylation sites (N-methyl/N-ethyl adjacent to an activating group) is 1. The molecule has 90 valence electrons. The number of benzene rings is 1. The standard InChI is InChI=1S/C12H14FN3O/c1-3-16(2)12(17)8-15-11-5-9(7-14)4-10(13)6-11/h4-6,15H,3,8H2,1-2H3. The zero-order chi connectivity index (χ0) is 12.8. The Morgan fingerprint density at radius 3 is 2.82 bits per heavy atom. The fraction of sp³-hybridized carbons (Fsp3) is 0.333. The molecular weight excluding hydrogens is 221 g/mol. The lowest BCUT2D eigenvalue weighted by Gasteiger charge is -2.15. The van der Waals surface area contributed by atoms with Gasteiger partial charge in [0.2, 0.25) is 5.91 Å². The summed E-state index contributed by atoms with van der Waals surface area (Å²) >= 11 is 0. The zero-order valence-electron chi connectivity index (χ0n) is 9.83. The molecule has 0 fully saturated rings. The summed E-state index contributed by atoms with van der Waals surface area (Å²) in [7, 11) is 1.69. The Hall–Kier alpha value is -2.09. The number of nitrogens with zero attached hydrogens (tertiary/aromatic N) is 2. The van der Waals surface area contributed by atoms with Crippen LogP contribution in [0.15, 0.2) is 18.2 Å². The smallest absolute Gasteiger partial charge is 0.241 e. The maximum absolute atomic E-state index is 13.1. The van der Waals surface area contributed by atoms with Gasteiger partial charge in [0, 0.05) is 19.3 Å². The molecule has 1 rings (SSSR count). The minimum atomic E-state index is -0.497. The number of amides is 1. The molecule has 0 aliphatic heterocycles. The predicted octanol–water partition coefficient (Wildman–Crippen LogP) is 1.59. The maximum Gasteiger partial charge on any atom is 0.241 e. The van der Waals surface area contributed by atoms with Gasteiger partial charge in [0.05, 0.1) is 18.2 Å². The van der Waals surface area contributed by atoms with Gasteiger partial charge in [-0.15, -0.1) is 0 Å². The van der Waals surface area contributed by atoms with E-state index in [-0.39, 0.29) is 18.0 Å². The molecular formula is C12H14FN3O. The van der Waals surface area contributed by atoms with Crippen LogP contribution in [0.4, 0.5) is 10.1 Å². The fourth-order valence-corrected chi connectivity index (χ4v) is 1.25. The lowest BCUT2D eigenvalue weighted by atomic mass is 10.2. The third-order valence-corrected chi connectivity index (χ3v) is 2.37. The largest absolute Gasteiger partial charge is 0.376 e. The quantitative estimate of drug-likeness (QED) is 0.862. The molecule has 17 heavy (non-hydrogen) atoms. The third-order valence-electron chi connectivity index (χ3n) is 2.37. The summed E-state index contributed by atoms with van der Waals surface area (Å²) in [4.78, 5) is 13.0. The normalized spacial score (nSPS) is 9.53. The van der Waals surface area contributed by atoms with Gasteiger partial charge in [-0.2, -0.15) is 5.26 Å². The number of rotatable bonds is 4. The van der Waals surface area contributed by atoms with E-state index >= 15 is 0 Å². The molecule has 0 aliphatic rings. The highest BCUT2D eigenvalue weighted by Crippen LogP contribution is 2.13. The number of hydrogen-bond acceptors (Lipinski definition) is 3. The summed E-state index contributed by atoms with van der Waals surface area (Å²) in [6, 6.07) is 5.75. The molecule has 1 aromatic rings. The van der Waals surface area contributed by atoms with Crippen LogP contribution in [0.2, 0.25) is 0 Å². The molecule has 0 radical (unpaired) electrons. The molecule has 0 aromatic heterocycles. The Bertz CT molecular complexity index is 454. The molecule has 1 aromatic carbocycles. The van der Waals surface area contributed by atoms with Crippen molar-refractivity contribution >= 4 is 11.6 Å². The van der Waals surface area contributed by atoms with Crippen LogP contribution in [0.1, 0.15) is 12.5 Å². The Kier molecular flexibility index (Phi) is 4.46. The highest BCUT2D eigenvalue weighted by Gasteiger charge is 2.06. The molecule has 1 amide bonds. The van der Waals surface area contributed by atoms with Crippen LogP contribution in [0.5, 0.6) is 0 Å². The summed E-state index contributed by atoms with van der Waals surface area (Å²) in [5, 5.41) is 11.5. The van der Waals surface area contributed by atoms with E-state index in [0.29, 0.717) is 12.2 Å². The first-order valence-corrected chi connectivity index (χ1v) is 5.25. The molecule has 0 bridgehead atoms. The minimum Gasteiger partial charge on any atom is -0.376 e. The Morgan fingerprint density at radius 2 is 2.24 bits per heavy atom. The van der Waals surface area contributed by atoms with Crippen LogP contribution >= 0.6 is 0 Å². The molecule has 1 N–H and O–H groups in total. The SMILES string of the molecule is CCN(C)C(=O)CNc1cc(F)cc(C#N)c1. The Morgan fingerprint density at radius 1 is 1.53 bits per heavy atom. The second kappa shape index (κ2) is 5.85. The lowest BCUT2D eigenvalue weighted by Crippen LogP contribution is -2.31. The highest BCUT2D eigenvalue weighted by molar-refractivity contribution is 5.80. The van der Waals surface area contributed by atoms with Crippen molar-refractivity contribution in [2.24, 2.45) is 0 Å². The Balaban J connectivity index is 2.67. The Labute approximate surface area is 99.7 Å². The first-order valence-electron chi connectivity index (χ1n) is 5.25. The van der Waals surface area contributed by atoms with Crippen molar-refractivity contribution in [3.05, 3.63) is 29.6 Å². The van der Waals surface area contributed by atoms with Crippen LogP contribution in [-0.4, -0.2) is 30.9 Å². The van der Waals surface area contributed by atoms with Gasteiger partial charge in [0.25, 0.3) is 0 Å². The van der Waals surface area contributed by atoms with Crippen LogP contribution in [0.25, 0.3) is 0 Å². The van der Waals surface area contributed by atoms with Gasteiger partial charge in [-0.3, -0.25) is 4.79 Å². The van der Waals surface area contributed by atoms with Gasteiger partial charge in [0.1, 0.15) is 5.82 Å². The van der Waals surface area contributed by atoms with Crippen LogP contribution in [0, 0.1) is 17.1 Å². The van der Waals surface area contributed by atoms with Crippen molar-refractivity contribution < 1.29 is 9.18 Å². The number of carbonyl (C=O) groups is 1. The molecule has 0 aliphatic carbocycles. The molecule has 0 atom stereocenters. The summed E-state index contributed by atoms with van der Waals surface area (Å²) in [6.45, 7) is 2.57. The number of hydrogen-bond donors (Lipinski definition) is 1. The van der Waals surface area contributed by atoms with E-state index in [4.69, 9.17) is 5.26 Å². The van der Waals surface area contributed by atoms with Crippen molar-refractivity contribution in [3.63, 3.8) is 0 Å². The highest BCUT2D eigenvalue weighted by atomic mass is 19.1. The number of halogens is 1. The van der Waals surface area contributed by atoms with Crippen molar-refractivity contribution in [2.45, 2.75) is 6.92 Å². The van der Waals surface area contributed by atoms with E-state index in [1.165, 1.54) is 12.1 Å². The van der Waals surface area contributed by atoms with E-state index < -0.39 is 5.82 Å². The van der Waals surface area contributed by atoms with Crippen molar-refractivity contribution in [1.29, 1.82) is 5.26 Å². The van der Waals surface area contributed by atoms with Crippen LogP contribution in [-0.2, 0) is 4.79 Å². The van der Waals surface area contributed by atoms with E-state index in [9.17, 15) is 9.18 Å².